The average molecular weight is 158 g/mol. The van der Waals surface area contributed by atoms with Crippen LogP contribution in [0, 0.1) is 0 Å². The minimum absolute atomic E-state index is 0.192. The molecule has 0 spiro atoms. The largest absolute Gasteiger partial charge is 0.390 e. The van der Waals surface area contributed by atoms with E-state index in [9.17, 15) is 5.11 Å². The van der Waals surface area contributed by atoms with Gasteiger partial charge in [0.2, 0.25) is 0 Å². The molecule has 3 nitrogen and oxygen atoms in total. The summed E-state index contributed by atoms with van der Waals surface area (Å²) in [5.74, 6) is 0. The van der Waals surface area contributed by atoms with Crippen LogP contribution in [-0.4, -0.2) is 48.3 Å². The van der Waals surface area contributed by atoms with E-state index in [1.165, 1.54) is 0 Å². The van der Waals surface area contributed by atoms with Gasteiger partial charge in [-0.3, -0.25) is 4.90 Å². The number of β-amino-alcohol motifs (C(OH)–C–C–N with tert-alkyl or cyclic N) is 1. The maximum Gasteiger partial charge on any atom is 0.0831 e. The van der Waals surface area contributed by atoms with Gasteiger partial charge in [-0.1, -0.05) is 0 Å². The number of rotatable bonds is 2. The van der Waals surface area contributed by atoms with E-state index in [-0.39, 0.29) is 6.10 Å². The van der Waals surface area contributed by atoms with Crippen LogP contribution in [0.15, 0.2) is 0 Å². The number of hydrogen-bond acceptors (Lipinski definition) is 3. The molecule has 2 atom stereocenters. The summed E-state index contributed by atoms with van der Waals surface area (Å²) in [5.41, 5.74) is 0. The van der Waals surface area contributed by atoms with Crippen LogP contribution in [-0.2, 0) is 0 Å². The Morgan fingerprint density at radius 3 is 2.45 bits per heavy atom. The summed E-state index contributed by atoms with van der Waals surface area (Å²) in [6.07, 6.45) is -0.192. The molecule has 3 heteroatoms. The second kappa shape index (κ2) is 3.52. The highest BCUT2D eigenvalue weighted by atomic mass is 16.3. The van der Waals surface area contributed by atoms with E-state index in [0.717, 1.165) is 13.1 Å². The number of aliphatic hydroxyl groups is 1. The minimum Gasteiger partial charge on any atom is -0.390 e. The highest BCUT2D eigenvalue weighted by molar-refractivity contribution is 4.88. The standard InChI is InChI=1S/C8H18N2O/c1-6(2)10(3)7-4-9-5-8(7)11/h6-9,11H,4-5H2,1-3H3/t7-,8-/m0/s1. The first-order chi connectivity index (χ1) is 5.13. The van der Waals surface area contributed by atoms with Crippen LogP contribution in [0.1, 0.15) is 13.8 Å². The van der Waals surface area contributed by atoms with E-state index in [0.29, 0.717) is 12.1 Å². The van der Waals surface area contributed by atoms with E-state index in [1.54, 1.807) is 0 Å². The van der Waals surface area contributed by atoms with E-state index < -0.39 is 0 Å². The molecule has 1 aliphatic heterocycles. The predicted molar refractivity (Wildman–Crippen MR) is 45.6 cm³/mol. The fourth-order valence-electron chi connectivity index (χ4n) is 1.45. The van der Waals surface area contributed by atoms with Crippen LogP contribution in [0.3, 0.4) is 0 Å². The van der Waals surface area contributed by atoms with Crippen molar-refractivity contribution >= 4 is 0 Å². The highest BCUT2D eigenvalue weighted by Gasteiger charge is 2.29. The Labute approximate surface area is 68.4 Å². The van der Waals surface area contributed by atoms with Gasteiger partial charge < -0.3 is 10.4 Å². The van der Waals surface area contributed by atoms with Crippen LogP contribution in [0.4, 0.5) is 0 Å². The van der Waals surface area contributed by atoms with Crippen LogP contribution < -0.4 is 5.32 Å². The number of likely N-dealkylation sites (N-methyl/N-ethyl adjacent to an activating group) is 1. The lowest BCUT2D eigenvalue weighted by Crippen LogP contribution is -2.44. The van der Waals surface area contributed by atoms with Crippen molar-refractivity contribution in [3.8, 4) is 0 Å². The Hall–Kier alpha value is -0.120. The molecule has 0 unspecified atom stereocenters. The third kappa shape index (κ3) is 1.92. The second-order valence-corrected chi connectivity index (χ2v) is 3.55. The highest BCUT2D eigenvalue weighted by Crippen LogP contribution is 2.09. The first-order valence-electron chi connectivity index (χ1n) is 4.23. The lowest BCUT2D eigenvalue weighted by molar-refractivity contribution is 0.0823. The fourth-order valence-corrected chi connectivity index (χ4v) is 1.45. The summed E-state index contributed by atoms with van der Waals surface area (Å²) < 4.78 is 0. The number of nitrogens with one attached hydrogen (secondary N) is 1. The summed E-state index contributed by atoms with van der Waals surface area (Å²) >= 11 is 0. The van der Waals surface area contributed by atoms with Gasteiger partial charge in [-0.25, -0.2) is 0 Å². The van der Waals surface area contributed by atoms with Gasteiger partial charge in [-0.2, -0.15) is 0 Å². The third-order valence-electron chi connectivity index (χ3n) is 2.49. The zero-order valence-electron chi connectivity index (χ0n) is 7.54. The minimum atomic E-state index is -0.192. The molecule has 11 heavy (non-hydrogen) atoms. The zero-order chi connectivity index (χ0) is 8.43. The van der Waals surface area contributed by atoms with Crippen LogP contribution in [0.2, 0.25) is 0 Å². The SMILES string of the molecule is CC(C)N(C)[C@H]1CNC[C@@H]1O. The monoisotopic (exact) mass is 158 g/mol. The Kier molecular flexibility index (Phi) is 2.87. The van der Waals surface area contributed by atoms with E-state index in [1.807, 2.05) is 0 Å². The predicted octanol–water partition coefficient (Wildman–Crippen LogP) is -0.341. The zero-order valence-corrected chi connectivity index (χ0v) is 7.54. The molecular weight excluding hydrogens is 140 g/mol. The van der Waals surface area contributed by atoms with Crippen LogP contribution >= 0.6 is 0 Å². The lowest BCUT2D eigenvalue weighted by atomic mass is 10.1. The molecule has 0 aromatic heterocycles. The molecule has 0 radical (unpaired) electrons. The van der Waals surface area contributed by atoms with Gasteiger partial charge in [-0.15, -0.1) is 0 Å². The quantitative estimate of drug-likeness (QED) is 0.577. The van der Waals surface area contributed by atoms with Gasteiger partial charge >= 0.3 is 0 Å². The number of aliphatic hydroxyl groups excluding tert-OH is 1. The van der Waals surface area contributed by atoms with Gasteiger partial charge in [0.25, 0.3) is 0 Å². The molecule has 0 aromatic rings. The van der Waals surface area contributed by atoms with Crippen molar-refractivity contribution in [3.05, 3.63) is 0 Å². The first kappa shape index (κ1) is 8.97. The van der Waals surface area contributed by atoms with Crippen LogP contribution in [0.5, 0.6) is 0 Å². The van der Waals surface area contributed by atoms with E-state index in [4.69, 9.17) is 0 Å². The Morgan fingerprint density at radius 2 is 2.09 bits per heavy atom. The molecule has 0 amide bonds. The molecule has 0 saturated carbocycles. The summed E-state index contributed by atoms with van der Waals surface area (Å²) in [5, 5.41) is 12.7. The van der Waals surface area contributed by atoms with Gasteiger partial charge in [0.1, 0.15) is 0 Å². The molecule has 1 saturated heterocycles. The molecule has 1 heterocycles. The molecule has 0 bridgehead atoms. The van der Waals surface area contributed by atoms with Crippen molar-refractivity contribution in [3.63, 3.8) is 0 Å². The summed E-state index contributed by atoms with van der Waals surface area (Å²) in [4.78, 5) is 2.21. The average Bonchev–Trinajstić information content (AvgIpc) is 2.33. The topological polar surface area (TPSA) is 35.5 Å². The molecular formula is C8H18N2O. The van der Waals surface area contributed by atoms with Crippen molar-refractivity contribution in [2.75, 3.05) is 20.1 Å². The Morgan fingerprint density at radius 1 is 1.45 bits per heavy atom. The maximum atomic E-state index is 9.50. The summed E-state index contributed by atoms with van der Waals surface area (Å²) in [7, 11) is 2.06. The van der Waals surface area contributed by atoms with E-state index >= 15 is 0 Å². The number of hydrogen-bond donors (Lipinski definition) is 2. The molecule has 66 valence electrons. The van der Waals surface area contributed by atoms with Crippen molar-refractivity contribution in [2.24, 2.45) is 0 Å². The van der Waals surface area contributed by atoms with Crippen molar-refractivity contribution < 1.29 is 5.11 Å². The van der Waals surface area contributed by atoms with Gasteiger partial charge in [-0.05, 0) is 20.9 Å². The van der Waals surface area contributed by atoms with Crippen molar-refractivity contribution in [1.29, 1.82) is 0 Å². The van der Waals surface area contributed by atoms with Crippen molar-refractivity contribution in [2.45, 2.75) is 32.0 Å². The molecule has 2 N–H and O–H groups in total. The Bertz CT molecular complexity index is 127. The third-order valence-corrected chi connectivity index (χ3v) is 2.49. The van der Waals surface area contributed by atoms with Gasteiger partial charge in [0, 0.05) is 25.2 Å². The Balaban J connectivity index is 2.45. The molecule has 0 aliphatic carbocycles. The lowest BCUT2D eigenvalue weighted by Gasteiger charge is -2.29. The van der Waals surface area contributed by atoms with Gasteiger partial charge in [0.05, 0.1) is 6.10 Å². The maximum absolute atomic E-state index is 9.50. The second-order valence-electron chi connectivity index (χ2n) is 3.55. The smallest absolute Gasteiger partial charge is 0.0831 e. The fraction of sp³-hybridized carbons (Fsp3) is 1.00. The van der Waals surface area contributed by atoms with E-state index in [2.05, 4.69) is 31.1 Å². The summed E-state index contributed by atoms with van der Waals surface area (Å²) in [6.45, 7) is 5.94. The van der Waals surface area contributed by atoms with Crippen LogP contribution in [0.25, 0.3) is 0 Å². The molecule has 0 aromatic carbocycles. The molecule has 1 rings (SSSR count). The molecule has 1 aliphatic rings. The number of nitrogens with zero attached hydrogens (tertiary/aromatic N) is 1. The van der Waals surface area contributed by atoms with Crippen molar-refractivity contribution in [1.82, 2.24) is 10.2 Å². The summed E-state index contributed by atoms with van der Waals surface area (Å²) in [6, 6.07) is 0.810. The first-order valence-corrected chi connectivity index (χ1v) is 4.23. The molecule has 1 fully saturated rings. The normalized spacial score (nSPS) is 32.2. The van der Waals surface area contributed by atoms with Gasteiger partial charge in [0.15, 0.2) is 0 Å².